The van der Waals surface area contributed by atoms with Crippen molar-refractivity contribution >= 4 is 33.7 Å². The largest absolute Gasteiger partial charge is 0.490 e. The summed E-state index contributed by atoms with van der Waals surface area (Å²) in [6.07, 6.45) is -3.57. The lowest BCUT2D eigenvalue weighted by Crippen LogP contribution is -2.49. The van der Waals surface area contributed by atoms with Gasteiger partial charge in [-0.1, -0.05) is 52.3 Å². The van der Waals surface area contributed by atoms with Gasteiger partial charge in [-0.15, -0.1) is 0 Å². The molecule has 2 amide bonds. The Morgan fingerprint density at radius 1 is 0.870 bits per heavy atom. The zero-order chi connectivity index (χ0) is 33.1. The van der Waals surface area contributed by atoms with Crippen LogP contribution in [-0.4, -0.2) is 42.3 Å². The van der Waals surface area contributed by atoms with E-state index in [4.69, 9.17) is 0 Å². The minimum Gasteiger partial charge on any atom is -0.437 e. The Labute approximate surface area is 270 Å². The average Bonchev–Trinajstić information content (AvgIpc) is 3.79. The molecule has 0 aromatic heterocycles. The van der Waals surface area contributed by atoms with Crippen LogP contribution in [-0.2, 0) is 19.1 Å². The topological polar surface area (TPSA) is 96.5 Å². The van der Waals surface area contributed by atoms with E-state index in [0.717, 1.165) is 10.0 Å². The van der Waals surface area contributed by atoms with Gasteiger partial charge >= 0.3 is 12.1 Å². The van der Waals surface area contributed by atoms with E-state index < -0.39 is 47.4 Å². The van der Waals surface area contributed by atoms with Crippen molar-refractivity contribution in [1.29, 1.82) is 0 Å². The van der Waals surface area contributed by atoms with Crippen molar-refractivity contribution in [3.05, 3.63) is 106 Å². The molecular weight excluding hydrogens is 677 g/mol. The van der Waals surface area contributed by atoms with Crippen molar-refractivity contribution in [3.63, 3.8) is 0 Å². The molecule has 46 heavy (non-hydrogen) atoms. The van der Waals surface area contributed by atoms with Gasteiger partial charge in [0.05, 0.1) is 12.6 Å². The highest BCUT2D eigenvalue weighted by Gasteiger charge is 2.53. The summed E-state index contributed by atoms with van der Waals surface area (Å²) in [5.74, 6) is -4.75. The second-order valence-corrected chi connectivity index (χ2v) is 12.5. The van der Waals surface area contributed by atoms with Crippen LogP contribution < -0.4 is 16.0 Å². The zero-order valence-electron chi connectivity index (χ0n) is 24.4. The zero-order valence-corrected chi connectivity index (χ0v) is 26.0. The van der Waals surface area contributed by atoms with E-state index in [-0.39, 0.29) is 37.3 Å². The van der Waals surface area contributed by atoms with Gasteiger partial charge in [-0.2, -0.15) is 13.2 Å². The number of benzene rings is 3. The van der Waals surface area contributed by atoms with E-state index in [1.54, 1.807) is 24.3 Å². The van der Waals surface area contributed by atoms with E-state index >= 15 is 0 Å². The molecule has 2 aliphatic rings. The van der Waals surface area contributed by atoms with Crippen LogP contribution in [0.3, 0.4) is 0 Å². The Kier molecular flexibility index (Phi) is 10.1. The first-order valence-electron chi connectivity index (χ1n) is 14.7. The average molecular weight is 709 g/mol. The number of hydrogen-bond acceptors (Lipinski definition) is 5. The molecule has 3 atom stereocenters. The molecule has 3 aromatic rings. The molecule has 7 nitrogen and oxygen atoms in total. The standard InChI is InChI=1S/C33H31BrF5N3O4/c34-22-7-1-19(2-8-22)27-17-25(41-28(43)18-40-32(15-16-32)46-31(45)33(37,38)39)13-14-26(27)30(44)42-29(20-3-9-23(35)10-4-20)21-5-11-24(36)12-6-21/h1-12,25-27,29,40H,13-18H2,(H,41,43)(H,42,44)/t25-,26-,27+/m1/s1. The molecule has 5 rings (SSSR count). The summed E-state index contributed by atoms with van der Waals surface area (Å²) in [7, 11) is 0. The molecule has 0 unspecified atom stereocenters. The second kappa shape index (κ2) is 13.9. The minimum absolute atomic E-state index is 0.158. The van der Waals surface area contributed by atoms with Gasteiger partial charge in [-0.05, 0) is 78.3 Å². The SMILES string of the molecule is O=C(CNC1(OC(=O)C(F)(F)F)CC1)N[C@@H]1CC[C@@H](C(=O)NC(c2ccc(F)cc2)c2ccc(F)cc2)[C@H](c2ccc(Br)cc2)C1. The number of halogens is 6. The van der Waals surface area contributed by atoms with Gasteiger partial charge in [0.2, 0.25) is 11.8 Å². The normalized spacial score (nSPS) is 20.5. The maximum Gasteiger partial charge on any atom is 0.490 e. The van der Waals surface area contributed by atoms with Gasteiger partial charge in [0, 0.05) is 29.3 Å². The third-order valence-electron chi connectivity index (χ3n) is 8.34. The number of hydrogen-bond donors (Lipinski definition) is 3. The fraction of sp³-hybridized carbons (Fsp3) is 0.364. The highest BCUT2D eigenvalue weighted by atomic mass is 79.9. The van der Waals surface area contributed by atoms with Crippen molar-refractivity contribution in [1.82, 2.24) is 16.0 Å². The molecule has 3 aromatic carbocycles. The van der Waals surface area contributed by atoms with Crippen molar-refractivity contribution in [3.8, 4) is 0 Å². The van der Waals surface area contributed by atoms with Crippen LogP contribution in [0.25, 0.3) is 0 Å². The summed E-state index contributed by atoms with van der Waals surface area (Å²) in [6, 6.07) is 17.9. The molecule has 2 saturated carbocycles. The van der Waals surface area contributed by atoms with Gasteiger partial charge < -0.3 is 15.4 Å². The first kappa shape index (κ1) is 33.5. The lowest BCUT2D eigenvalue weighted by molar-refractivity contribution is -0.208. The number of esters is 1. The number of alkyl halides is 3. The number of carbonyl (C=O) groups excluding carboxylic acids is 3. The van der Waals surface area contributed by atoms with Crippen molar-refractivity contribution < 1.29 is 41.1 Å². The molecule has 0 radical (unpaired) electrons. The second-order valence-electron chi connectivity index (χ2n) is 11.6. The number of rotatable bonds is 10. The quantitative estimate of drug-likeness (QED) is 0.133. The van der Waals surface area contributed by atoms with E-state index in [1.807, 2.05) is 24.3 Å². The van der Waals surface area contributed by atoms with Gasteiger partial charge in [0.25, 0.3) is 0 Å². The molecular formula is C33H31BrF5N3O4. The summed E-state index contributed by atoms with van der Waals surface area (Å²) >= 11 is 3.43. The third kappa shape index (κ3) is 8.49. The summed E-state index contributed by atoms with van der Waals surface area (Å²) in [4.78, 5) is 38.0. The highest BCUT2D eigenvalue weighted by molar-refractivity contribution is 9.10. The van der Waals surface area contributed by atoms with Crippen LogP contribution in [0.15, 0.2) is 77.3 Å². The van der Waals surface area contributed by atoms with E-state index in [2.05, 4.69) is 36.6 Å². The lowest BCUT2D eigenvalue weighted by atomic mass is 9.73. The van der Waals surface area contributed by atoms with Gasteiger partial charge in [0.15, 0.2) is 5.72 Å². The number of amides is 2. The molecule has 0 bridgehead atoms. The Morgan fingerprint density at radius 3 is 1.96 bits per heavy atom. The predicted molar refractivity (Wildman–Crippen MR) is 161 cm³/mol. The summed E-state index contributed by atoms with van der Waals surface area (Å²) in [5.41, 5.74) is 0.593. The monoisotopic (exact) mass is 707 g/mol. The number of nitrogens with one attached hydrogen (secondary N) is 3. The molecule has 2 aliphatic carbocycles. The van der Waals surface area contributed by atoms with Gasteiger partial charge in [0.1, 0.15) is 11.6 Å². The maximum absolute atomic E-state index is 14.0. The van der Waals surface area contributed by atoms with Gasteiger partial charge in [-0.3, -0.25) is 14.9 Å². The number of carbonyl (C=O) groups is 3. The van der Waals surface area contributed by atoms with Crippen molar-refractivity contribution in [2.75, 3.05) is 6.54 Å². The first-order valence-corrected chi connectivity index (χ1v) is 15.5. The fourth-order valence-electron chi connectivity index (χ4n) is 5.80. The third-order valence-corrected chi connectivity index (χ3v) is 8.87. The van der Waals surface area contributed by atoms with Crippen LogP contribution in [0.1, 0.15) is 60.8 Å². The van der Waals surface area contributed by atoms with Crippen LogP contribution in [0.5, 0.6) is 0 Å². The smallest absolute Gasteiger partial charge is 0.437 e. The predicted octanol–water partition coefficient (Wildman–Crippen LogP) is 6.19. The first-order chi connectivity index (χ1) is 21.8. The van der Waals surface area contributed by atoms with Gasteiger partial charge in [-0.25, -0.2) is 13.6 Å². The molecule has 3 N–H and O–H groups in total. The fourth-order valence-corrected chi connectivity index (χ4v) is 6.06. The van der Waals surface area contributed by atoms with Crippen LogP contribution in [0.4, 0.5) is 22.0 Å². The maximum atomic E-state index is 14.0. The summed E-state index contributed by atoms with van der Waals surface area (Å²) < 4.78 is 70.7. The van der Waals surface area contributed by atoms with Crippen LogP contribution in [0, 0.1) is 17.6 Å². The van der Waals surface area contributed by atoms with Crippen LogP contribution in [0.2, 0.25) is 0 Å². The Balaban J connectivity index is 1.28. The molecule has 2 fully saturated rings. The molecule has 0 spiro atoms. The van der Waals surface area contributed by atoms with Crippen molar-refractivity contribution in [2.45, 2.75) is 62.0 Å². The van der Waals surface area contributed by atoms with Crippen molar-refractivity contribution in [2.24, 2.45) is 5.92 Å². The Morgan fingerprint density at radius 2 is 1.43 bits per heavy atom. The molecule has 0 saturated heterocycles. The minimum atomic E-state index is -5.13. The van der Waals surface area contributed by atoms with Crippen LogP contribution >= 0.6 is 15.9 Å². The summed E-state index contributed by atoms with van der Waals surface area (Å²) in [5, 5.41) is 8.61. The molecule has 0 aliphatic heterocycles. The van der Waals surface area contributed by atoms with E-state index in [0.29, 0.717) is 30.4 Å². The Bertz CT molecular complexity index is 1500. The Hall–Kier alpha value is -3.84. The molecule has 13 heteroatoms. The molecule has 244 valence electrons. The van der Waals surface area contributed by atoms with E-state index in [9.17, 15) is 36.3 Å². The van der Waals surface area contributed by atoms with E-state index in [1.165, 1.54) is 24.3 Å². The lowest BCUT2D eigenvalue weighted by Gasteiger charge is -2.37. The number of ether oxygens (including phenoxy) is 1. The molecule has 0 heterocycles. The summed E-state index contributed by atoms with van der Waals surface area (Å²) in [6.45, 7) is -0.356. The highest BCUT2D eigenvalue weighted by Crippen LogP contribution is 2.40.